The molecule has 0 radical (unpaired) electrons. The Bertz CT molecular complexity index is 331. The molecule has 0 unspecified atom stereocenters. The third-order valence-corrected chi connectivity index (χ3v) is 3.96. The van der Waals surface area contributed by atoms with Gasteiger partial charge in [0.15, 0.2) is 0 Å². The summed E-state index contributed by atoms with van der Waals surface area (Å²) in [7, 11) is -3.38. The van der Waals surface area contributed by atoms with Crippen LogP contribution in [-0.2, 0) is 10.0 Å². The van der Waals surface area contributed by atoms with Crippen LogP contribution in [-0.4, -0.2) is 20.9 Å². The Hall–Kier alpha value is -0.490. The Morgan fingerprint density at radius 3 is 2.44 bits per heavy atom. The van der Waals surface area contributed by atoms with Crippen molar-refractivity contribution in [1.29, 1.82) is 0 Å². The van der Waals surface area contributed by atoms with Gasteiger partial charge in [0.1, 0.15) is 0 Å². The number of rotatable bonds is 5. The van der Waals surface area contributed by atoms with Gasteiger partial charge in [-0.3, -0.25) is 0 Å². The largest absolute Gasteiger partial charge is 0.248 e. The lowest BCUT2D eigenvalue weighted by Gasteiger charge is -2.28. The minimum atomic E-state index is -3.38. The van der Waals surface area contributed by atoms with Gasteiger partial charge in [-0.2, -0.15) is 0 Å². The second-order valence-corrected chi connectivity index (χ2v) is 5.91. The summed E-state index contributed by atoms with van der Waals surface area (Å²) in [6, 6.07) is 0. The van der Waals surface area contributed by atoms with Crippen LogP contribution in [0.1, 0.15) is 32.1 Å². The zero-order valence-corrected chi connectivity index (χ0v) is 9.90. The van der Waals surface area contributed by atoms with Gasteiger partial charge in [-0.15, -0.1) is 0 Å². The summed E-state index contributed by atoms with van der Waals surface area (Å²) in [5.74, 6) is -2.32. The number of hydrogen-bond donors (Lipinski definition) is 1. The van der Waals surface area contributed by atoms with Gasteiger partial charge >= 0.3 is 0 Å². The topological polar surface area (TPSA) is 46.2 Å². The molecule has 1 aliphatic rings. The van der Waals surface area contributed by atoms with Crippen molar-refractivity contribution in [2.45, 2.75) is 38.0 Å². The lowest BCUT2D eigenvalue weighted by Crippen LogP contribution is -2.28. The molecule has 0 spiro atoms. The highest BCUT2D eigenvalue weighted by Gasteiger charge is 2.34. The Morgan fingerprint density at radius 2 is 1.94 bits per heavy atom. The van der Waals surface area contributed by atoms with Crippen LogP contribution in [0.15, 0.2) is 12.0 Å². The van der Waals surface area contributed by atoms with E-state index in [1.54, 1.807) is 0 Å². The van der Waals surface area contributed by atoms with Crippen LogP contribution in [0.5, 0.6) is 0 Å². The van der Waals surface area contributed by atoms with Gasteiger partial charge in [-0.1, -0.05) is 6.58 Å². The molecule has 6 heteroatoms. The molecule has 94 valence electrons. The fourth-order valence-electron chi connectivity index (χ4n) is 1.85. The normalized spacial score (nSPS) is 21.9. The van der Waals surface area contributed by atoms with E-state index >= 15 is 0 Å². The quantitative estimate of drug-likeness (QED) is 0.817. The summed E-state index contributed by atoms with van der Waals surface area (Å²) in [5.41, 5.74) is 0. The van der Waals surface area contributed by atoms with Crippen LogP contribution in [0, 0.1) is 5.92 Å². The zero-order chi connectivity index (χ0) is 12.2. The molecule has 0 bridgehead atoms. The number of halogens is 2. The van der Waals surface area contributed by atoms with E-state index in [-0.39, 0.29) is 18.8 Å². The SMILES string of the molecule is C=CS(=O)(=O)NCCC1CCC(F)(F)CC1. The Kier molecular flexibility index (Phi) is 4.43. The average molecular weight is 253 g/mol. The molecule has 3 nitrogen and oxygen atoms in total. The molecule has 0 aliphatic heterocycles. The number of hydrogen-bond acceptors (Lipinski definition) is 2. The Morgan fingerprint density at radius 1 is 1.38 bits per heavy atom. The molecule has 0 aromatic rings. The third kappa shape index (κ3) is 4.57. The molecule has 0 atom stereocenters. The molecular formula is C10H17F2NO2S. The molecule has 1 N–H and O–H groups in total. The minimum Gasteiger partial charge on any atom is -0.212 e. The van der Waals surface area contributed by atoms with Crippen molar-refractivity contribution in [3.63, 3.8) is 0 Å². The molecule has 0 amide bonds. The van der Waals surface area contributed by atoms with Gasteiger partial charge < -0.3 is 0 Å². The first-order valence-corrected chi connectivity index (χ1v) is 6.89. The molecule has 0 heterocycles. The van der Waals surface area contributed by atoms with Gasteiger partial charge in [-0.25, -0.2) is 21.9 Å². The number of sulfonamides is 1. The molecule has 1 rings (SSSR count). The van der Waals surface area contributed by atoms with E-state index in [0.29, 0.717) is 25.8 Å². The maximum absolute atomic E-state index is 12.8. The summed E-state index contributed by atoms with van der Waals surface area (Å²) >= 11 is 0. The summed E-state index contributed by atoms with van der Waals surface area (Å²) in [4.78, 5) is 0. The van der Waals surface area contributed by atoms with Crippen molar-refractivity contribution in [2.75, 3.05) is 6.54 Å². The Balaban J connectivity index is 2.23. The molecule has 0 aromatic heterocycles. The van der Waals surface area contributed by atoms with E-state index in [9.17, 15) is 17.2 Å². The zero-order valence-electron chi connectivity index (χ0n) is 9.09. The Labute approximate surface area is 95.0 Å². The van der Waals surface area contributed by atoms with Crippen LogP contribution in [0.2, 0.25) is 0 Å². The maximum Gasteiger partial charge on any atom is 0.248 e. The first-order valence-electron chi connectivity index (χ1n) is 5.34. The predicted molar refractivity (Wildman–Crippen MR) is 58.6 cm³/mol. The predicted octanol–water partition coefficient (Wildman–Crippen LogP) is 2.26. The van der Waals surface area contributed by atoms with Crippen molar-refractivity contribution in [2.24, 2.45) is 5.92 Å². The standard InChI is InChI=1S/C10H17F2NO2S/c1-2-16(14,15)13-8-5-9-3-6-10(11,12)7-4-9/h2,9,13H,1,3-8H2. The number of nitrogens with one attached hydrogen (secondary N) is 1. The van der Waals surface area contributed by atoms with Crippen molar-refractivity contribution >= 4 is 10.0 Å². The second kappa shape index (κ2) is 5.23. The van der Waals surface area contributed by atoms with E-state index in [4.69, 9.17) is 0 Å². The van der Waals surface area contributed by atoms with E-state index < -0.39 is 15.9 Å². The molecule has 0 saturated heterocycles. The number of alkyl halides is 2. The maximum atomic E-state index is 12.8. The highest BCUT2D eigenvalue weighted by atomic mass is 32.2. The van der Waals surface area contributed by atoms with Gasteiger partial charge in [-0.05, 0) is 25.2 Å². The summed E-state index contributed by atoms with van der Waals surface area (Å²) < 4.78 is 50.0. The van der Waals surface area contributed by atoms with E-state index in [1.165, 1.54) is 0 Å². The minimum absolute atomic E-state index is 0.0775. The van der Waals surface area contributed by atoms with Gasteiger partial charge in [0.25, 0.3) is 0 Å². The molecule has 1 aliphatic carbocycles. The van der Waals surface area contributed by atoms with Crippen LogP contribution in [0.4, 0.5) is 8.78 Å². The second-order valence-electron chi connectivity index (χ2n) is 4.19. The summed E-state index contributed by atoms with van der Waals surface area (Å²) in [5, 5.41) is 0.849. The summed E-state index contributed by atoms with van der Waals surface area (Å²) in [6.45, 7) is 3.46. The first kappa shape index (κ1) is 13.6. The van der Waals surface area contributed by atoms with Crippen LogP contribution in [0.3, 0.4) is 0 Å². The van der Waals surface area contributed by atoms with Gasteiger partial charge in [0.2, 0.25) is 15.9 Å². The van der Waals surface area contributed by atoms with E-state index in [1.807, 2.05) is 0 Å². The fraction of sp³-hybridized carbons (Fsp3) is 0.800. The average Bonchev–Trinajstić information content (AvgIpc) is 2.20. The monoisotopic (exact) mass is 253 g/mol. The van der Waals surface area contributed by atoms with Crippen LogP contribution >= 0.6 is 0 Å². The van der Waals surface area contributed by atoms with E-state index in [0.717, 1.165) is 5.41 Å². The van der Waals surface area contributed by atoms with Crippen molar-refractivity contribution in [3.8, 4) is 0 Å². The van der Waals surface area contributed by atoms with Crippen molar-refractivity contribution < 1.29 is 17.2 Å². The fourth-order valence-corrected chi connectivity index (χ4v) is 2.37. The lowest BCUT2D eigenvalue weighted by atomic mass is 9.85. The van der Waals surface area contributed by atoms with Crippen LogP contribution in [0.25, 0.3) is 0 Å². The highest BCUT2D eigenvalue weighted by Crippen LogP contribution is 2.37. The van der Waals surface area contributed by atoms with Gasteiger partial charge in [0, 0.05) is 24.8 Å². The molecule has 1 fully saturated rings. The lowest BCUT2D eigenvalue weighted by molar-refractivity contribution is -0.0463. The molecule has 16 heavy (non-hydrogen) atoms. The molecule has 0 aromatic carbocycles. The summed E-state index contributed by atoms with van der Waals surface area (Å²) in [6.07, 6.45) is 1.41. The van der Waals surface area contributed by atoms with Crippen molar-refractivity contribution in [1.82, 2.24) is 4.72 Å². The van der Waals surface area contributed by atoms with Crippen LogP contribution < -0.4 is 4.72 Å². The molecule has 1 saturated carbocycles. The van der Waals surface area contributed by atoms with Crippen molar-refractivity contribution in [3.05, 3.63) is 12.0 Å². The highest BCUT2D eigenvalue weighted by molar-refractivity contribution is 7.92. The third-order valence-electron chi connectivity index (χ3n) is 2.91. The van der Waals surface area contributed by atoms with Gasteiger partial charge in [0.05, 0.1) is 0 Å². The molecular weight excluding hydrogens is 236 g/mol. The smallest absolute Gasteiger partial charge is 0.212 e. The van der Waals surface area contributed by atoms with E-state index in [2.05, 4.69) is 11.3 Å². The first-order chi connectivity index (χ1) is 7.35.